The van der Waals surface area contributed by atoms with Crippen LogP contribution in [-0.2, 0) is 9.59 Å². The van der Waals surface area contributed by atoms with Crippen molar-refractivity contribution in [3.05, 3.63) is 0 Å². The van der Waals surface area contributed by atoms with E-state index in [-0.39, 0.29) is 24.0 Å². The van der Waals surface area contributed by atoms with Gasteiger partial charge in [-0.2, -0.15) is 0 Å². The molecule has 112 valence electrons. The van der Waals surface area contributed by atoms with Gasteiger partial charge in [-0.25, -0.2) is 4.79 Å². The summed E-state index contributed by atoms with van der Waals surface area (Å²) in [6, 6.07) is -0.744. The lowest BCUT2D eigenvalue weighted by Gasteiger charge is -2.27. The van der Waals surface area contributed by atoms with Gasteiger partial charge in [-0.1, -0.05) is 6.42 Å². The van der Waals surface area contributed by atoms with E-state index in [9.17, 15) is 19.5 Å². The third-order valence-electron chi connectivity index (χ3n) is 4.35. The van der Waals surface area contributed by atoms with Gasteiger partial charge in [-0.3, -0.25) is 9.59 Å². The van der Waals surface area contributed by atoms with Crippen molar-refractivity contribution in [3.8, 4) is 0 Å². The number of carboxylic acid groups (broad SMARTS) is 1. The van der Waals surface area contributed by atoms with Gasteiger partial charge in [0, 0.05) is 25.0 Å². The van der Waals surface area contributed by atoms with Crippen LogP contribution < -0.4 is 16.0 Å². The lowest BCUT2D eigenvalue weighted by atomic mass is 9.85. The Kier molecular flexibility index (Phi) is 4.15. The molecule has 0 aromatic carbocycles. The molecule has 3 unspecified atom stereocenters. The normalized spacial score (nSPS) is 32.8. The van der Waals surface area contributed by atoms with Crippen LogP contribution in [0.15, 0.2) is 0 Å². The van der Waals surface area contributed by atoms with E-state index in [1.54, 1.807) is 6.92 Å². The Labute approximate surface area is 117 Å². The van der Waals surface area contributed by atoms with Crippen LogP contribution in [0.1, 0.15) is 39.0 Å². The highest BCUT2D eigenvalue weighted by Crippen LogP contribution is 2.38. The lowest BCUT2D eigenvalue weighted by molar-refractivity contribution is -0.148. The van der Waals surface area contributed by atoms with Gasteiger partial charge in [0.15, 0.2) is 0 Å². The molecule has 1 heterocycles. The molecule has 0 bridgehead atoms. The SMILES string of the molecule is CC1(C(=O)O)CCCC1NC(=O)NCC1CCC(=O)N1. The third kappa shape index (κ3) is 3.02. The highest BCUT2D eigenvalue weighted by molar-refractivity contribution is 5.80. The van der Waals surface area contributed by atoms with Gasteiger partial charge in [0.05, 0.1) is 5.41 Å². The molecule has 1 aliphatic heterocycles. The number of rotatable bonds is 4. The van der Waals surface area contributed by atoms with Crippen LogP contribution in [-0.4, -0.2) is 41.6 Å². The minimum atomic E-state index is -0.890. The number of nitrogens with one attached hydrogen (secondary N) is 3. The van der Waals surface area contributed by atoms with Crippen LogP contribution in [0, 0.1) is 5.41 Å². The first-order valence-corrected chi connectivity index (χ1v) is 6.99. The van der Waals surface area contributed by atoms with Gasteiger partial charge >= 0.3 is 12.0 Å². The van der Waals surface area contributed by atoms with E-state index in [0.717, 1.165) is 12.8 Å². The molecule has 20 heavy (non-hydrogen) atoms. The maximum Gasteiger partial charge on any atom is 0.315 e. The van der Waals surface area contributed by atoms with E-state index in [2.05, 4.69) is 16.0 Å². The second kappa shape index (κ2) is 5.68. The van der Waals surface area contributed by atoms with Crippen LogP contribution >= 0.6 is 0 Å². The quantitative estimate of drug-likeness (QED) is 0.591. The number of aliphatic carboxylic acids is 1. The molecule has 2 rings (SSSR count). The summed E-state index contributed by atoms with van der Waals surface area (Å²) in [5.74, 6) is -0.866. The zero-order valence-corrected chi connectivity index (χ0v) is 11.6. The molecule has 3 amide bonds. The Hall–Kier alpha value is -1.79. The molecular weight excluding hydrogens is 262 g/mol. The van der Waals surface area contributed by atoms with Gasteiger partial charge in [0.1, 0.15) is 0 Å². The minimum Gasteiger partial charge on any atom is -0.481 e. The van der Waals surface area contributed by atoms with Gasteiger partial charge in [0.25, 0.3) is 0 Å². The molecule has 0 radical (unpaired) electrons. The van der Waals surface area contributed by atoms with Gasteiger partial charge in [-0.15, -0.1) is 0 Å². The Morgan fingerprint density at radius 3 is 2.80 bits per heavy atom. The molecule has 2 aliphatic rings. The summed E-state index contributed by atoms with van der Waals surface area (Å²) in [6.07, 6.45) is 3.26. The van der Waals surface area contributed by atoms with Gasteiger partial charge < -0.3 is 21.1 Å². The van der Waals surface area contributed by atoms with E-state index < -0.39 is 11.4 Å². The third-order valence-corrected chi connectivity index (χ3v) is 4.35. The second-order valence-electron chi connectivity index (χ2n) is 5.82. The van der Waals surface area contributed by atoms with Crippen LogP contribution in [0.4, 0.5) is 4.79 Å². The summed E-state index contributed by atoms with van der Waals surface area (Å²) < 4.78 is 0. The zero-order chi connectivity index (χ0) is 14.8. The zero-order valence-electron chi connectivity index (χ0n) is 11.6. The van der Waals surface area contributed by atoms with Crippen LogP contribution in [0.3, 0.4) is 0 Å². The van der Waals surface area contributed by atoms with Crippen molar-refractivity contribution < 1.29 is 19.5 Å². The van der Waals surface area contributed by atoms with Crippen LogP contribution in [0.2, 0.25) is 0 Å². The highest BCUT2D eigenvalue weighted by atomic mass is 16.4. The molecule has 2 fully saturated rings. The van der Waals surface area contributed by atoms with Crippen molar-refractivity contribution in [2.24, 2.45) is 5.41 Å². The average molecular weight is 283 g/mol. The average Bonchev–Trinajstić information content (AvgIpc) is 2.95. The van der Waals surface area contributed by atoms with Crippen molar-refractivity contribution in [3.63, 3.8) is 0 Å². The van der Waals surface area contributed by atoms with E-state index in [4.69, 9.17) is 0 Å². The minimum absolute atomic E-state index is 0.00598. The maximum atomic E-state index is 11.8. The van der Waals surface area contributed by atoms with Crippen LogP contribution in [0.5, 0.6) is 0 Å². The van der Waals surface area contributed by atoms with Crippen LogP contribution in [0.25, 0.3) is 0 Å². The number of carbonyl (C=O) groups excluding carboxylic acids is 2. The van der Waals surface area contributed by atoms with Crippen molar-refractivity contribution >= 4 is 17.9 Å². The second-order valence-corrected chi connectivity index (χ2v) is 5.82. The smallest absolute Gasteiger partial charge is 0.315 e. The molecule has 0 aromatic rings. The predicted molar refractivity (Wildman–Crippen MR) is 71.1 cm³/mol. The standard InChI is InChI=1S/C13H21N3O4/c1-13(11(18)19)6-2-3-9(13)16-12(20)14-7-8-4-5-10(17)15-8/h8-9H,2-7H2,1H3,(H,15,17)(H,18,19)(H2,14,16,20). The number of hydrogen-bond acceptors (Lipinski definition) is 3. The van der Waals surface area contributed by atoms with E-state index >= 15 is 0 Å². The summed E-state index contributed by atoms with van der Waals surface area (Å²) >= 11 is 0. The predicted octanol–water partition coefficient (Wildman–Crippen LogP) is 0.208. The molecule has 1 saturated heterocycles. The Bertz CT molecular complexity index is 426. The fraction of sp³-hybridized carbons (Fsp3) is 0.769. The number of carboxylic acids is 1. The number of carbonyl (C=O) groups is 3. The molecular formula is C13H21N3O4. The van der Waals surface area contributed by atoms with Gasteiger partial charge in [0.2, 0.25) is 5.91 Å². The van der Waals surface area contributed by atoms with Crippen molar-refractivity contribution in [1.29, 1.82) is 0 Å². The molecule has 7 heteroatoms. The first kappa shape index (κ1) is 14.6. The number of hydrogen-bond donors (Lipinski definition) is 4. The number of urea groups is 1. The monoisotopic (exact) mass is 283 g/mol. The Morgan fingerprint density at radius 2 is 2.20 bits per heavy atom. The van der Waals surface area contributed by atoms with E-state index in [1.165, 1.54) is 0 Å². The molecule has 0 aromatic heterocycles. The summed E-state index contributed by atoms with van der Waals surface area (Å²) in [5, 5.41) is 17.5. The summed E-state index contributed by atoms with van der Waals surface area (Å²) in [7, 11) is 0. The number of amides is 3. The summed E-state index contributed by atoms with van der Waals surface area (Å²) in [6.45, 7) is 2.04. The molecule has 1 saturated carbocycles. The topological polar surface area (TPSA) is 108 Å². The maximum absolute atomic E-state index is 11.8. The fourth-order valence-corrected chi connectivity index (χ4v) is 2.91. The molecule has 4 N–H and O–H groups in total. The summed E-state index contributed by atoms with van der Waals surface area (Å²) in [4.78, 5) is 34.2. The van der Waals surface area contributed by atoms with Gasteiger partial charge in [-0.05, 0) is 26.2 Å². The van der Waals surface area contributed by atoms with Crippen molar-refractivity contribution in [2.45, 2.75) is 51.1 Å². The van der Waals surface area contributed by atoms with Crippen molar-refractivity contribution in [2.75, 3.05) is 6.54 Å². The molecule has 7 nitrogen and oxygen atoms in total. The lowest BCUT2D eigenvalue weighted by Crippen LogP contribution is -2.51. The first-order valence-electron chi connectivity index (χ1n) is 6.99. The molecule has 1 aliphatic carbocycles. The fourth-order valence-electron chi connectivity index (χ4n) is 2.91. The molecule has 0 spiro atoms. The first-order chi connectivity index (χ1) is 9.41. The highest BCUT2D eigenvalue weighted by Gasteiger charge is 2.45. The van der Waals surface area contributed by atoms with Crippen molar-refractivity contribution in [1.82, 2.24) is 16.0 Å². The van der Waals surface area contributed by atoms with E-state index in [0.29, 0.717) is 25.8 Å². The largest absolute Gasteiger partial charge is 0.481 e. The Balaban J connectivity index is 1.79. The summed E-state index contributed by atoms with van der Waals surface area (Å²) in [5.41, 5.74) is -0.890. The molecule has 3 atom stereocenters. The van der Waals surface area contributed by atoms with E-state index in [1.807, 2.05) is 0 Å². The Morgan fingerprint density at radius 1 is 1.45 bits per heavy atom.